The van der Waals surface area contributed by atoms with Gasteiger partial charge in [0, 0.05) is 12.1 Å². The first-order valence-electron chi connectivity index (χ1n) is 7.02. The molecule has 0 bridgehead atoms. The SMILES string of the molecule is CCCC1CCC(N(CC(=O)O)C(C)C)CC1. The van der Waals surface area contributed by atoms with Crippen molar-refractivity contribution < 1.29 is 9.90 Å². The van der Waals surface area contributed by atoms with Crippen LogP contribution in [0, 0.1) is 5.92 Å². The van der Waals surface area contributed by atoms with Crippen molar-refractivity contribution in [3.05, 3.63) is 0 Å². The molecule has 0 aliphatic heterocycles. The summed E-state index contributed by atoms with van der Waals surface area (Å²) >= 11 is 0. The van der Waals surface area contributed by atoms with E-state index in [1.54, 1.807) is 0 Å². The molecule has 0 radical (unpaired) electrons. The Morgan fingerprint density at radius 3 is 2.29 bits per heavy atom. The molecule has 100 valence electrons. The van der Waals surface area contributed by atoms with Crippen LogP contribution in [0.5, 0.6) is 0 Å². The Kier molecular flexibility index (Phi) is 5.96. The van der Waals surface area contributed by atoms with Gasteiger partial charge in [0.05, 0.1) is 6.54 Å². The lowest BCUT2D eigenvalue weighted by Gasteiger charge is -2.38. The van der Waals surface area contributed by atoms with Crippen LogP contribution in [-0.2, 0) is 4.79 Å². The summed E-state index contributed by atoms with van der Waals surface area (Å²) in [5.74, 6) is 0.185. The maximum Gasteiger partial charge on any atom is 0.317 e. The average molecular weight is 241 g/mol. The Labute approximate surface area is 105 Å². The maximum absolute atomic E-state index is 10.9. The summed E-state index contributed by atoms with van der Waals surface area (Å²) in [4.78, 5) is 13.0. The van der Waals surface area contributed by atoms with Crippen molar-refractivity contribution in [2.45, 2.75) is 71.4 Å². The number of carboxylic acid groups (broad SMARTS) is 1. The third-order valence-electron chi connectivity index (χ3n) is 3.96. The molecular weight excluding hydrogens is 214 g/mol. The molecule has 0 aromatic heterocycles. The molecule has 1 N–H and O–H groups in total. The highest BCUT2D eigenvalue weighted by atomic mass is 16.4. The van der Waals surface area contributed by atoms with Crippen LogP contribution in [0.25, 0.3) is 0 Å². The minimum absolute atomic E-state index is 0.195. The van der Waals surface area contributed by atoms with Crippen LogP contribution < -0.4 is 0 Å². The van der Waals surface area contributed by atoms with Gasteiger partial charge in [-0.3, -0.25) is 9.69 Å². The third-order valence-corrected chi connectivity index (χ3v) is 3.96. The van der Waals surface area contributed by atoms with Gasteiger partial charge in [-0.25, -0.2) is 0 Å². The number of aliphatic carboxylic acids is 1. The summed E-state index contributed by atoms with van der Waals surface area (Å²) in [6.07, 6.45) is 7.53. The molecule has 3 nitrogen and oxygen atoms in total. The van der Waals surface area contributed by atoms with Crippen LogP contribution in [0.15, 0.2) is 0 Å². The second kappa shape index (κ2) is 7.00. The lowest BCUT2D eigenvalue weighted by molar-refractivity contribution is -0.139. The Hall–Kier alpha value is -0.570. The van der Waals surface area contributed by atoms with Gasteiger partial charge in [0.25, 0.3) is 0 Å². The van der Waals surface area contributed by atoms with E-state index >= 15 is 0 Å². The van der Waals surface area contributed by atoms with Gasteiger partial charge in [-0.1, -0.05) is 19.8 Å². The van der Waals surface area contributed by atoms with Crippen LogP contribution in [-0.4, -0.2) is 34.6 Å². The molecule has 0 heterocycles. The van der Waals surface area contributed by atoms with E-state index < -0.39 is 5.97 Å². The topological polar surface area (TPSA) is 40.5 Å². The van der Waals surface area contributed by atoms with E-state index in [0.29, 0.717) is 12.1 Å². The Morgan fingerprint density at radius 2 is 1.88 bits per heavy atom. The van der Waals surface area contributed by atoms with Gasteiger partial charge in [0.2, 0.25) is 0 Å². The van der Waals surface area contributed by atoms with E-state index in [9.17, 15) is 4.79 Å². The van der Waals surface area contributed by atoms with Gasteiger partial charge in [-0.15, -0.1) is 0 Å². The highest BCUT2D eigenvalue weighted by molar-refractivity contribution is 5.69. The van der Waals surface area contributed by atoms with Crippen LogP contribution in [0.2, 0.25) is 0 Å². The fourth-order valence-electron chi connectivity index (χ4n) is 3.06. The minimum atomic E-state index is -0.700. The van der Waals surface area contributed by atoms with Crippen molar-refractivity contribution in [1.29, 1.82) is 0 Å². The molecule has 0 amide bonds. The number of nitrogens with zero attached hydrogens (tertiary/aromatic N) is 1. The van der Waals surface area contributed by atoms with Gasteiger partial charge in [0.1, 0.15) is 0 Å². The molecule has 17 heavy (non-hydrogen) atoms. The van der Waals surface area contributed by atoms with E-state index in [-0.39, 0.29) is 6.54 Å². The quantitative estimate of drug-likeness (QED) is 0.776. The molecule has 1 saturated carbocycles. The Balaban J connectivity index is 2.46. The molecule has 0 atom stereocenters. The van der Waals surface area contributed by atoms with Crippen LogP contribution >= 0.6 is 0 Å². The molecule has 0 aromatic carbocycles. The number of carbonyl (C=O) groups is 1. The number of hydrogen-bond donors (Lipinski definition) is 1. The summed E-state index contributed by atoms with van der Waals surface area (Å²) < 4.78 is 0. The standard InChI is InChI=1S/C14H27NO2/c1-4-5-12-6-8-13(9-7-12)15(11(2)3)10-14(16)17/h11-13H,4-10H2,1-3H3,(H,16,17). The lowest BCUT2D eigenvalue weighted by atomic mass is 9.82. The van der Waals surface area contributed by atoms with E-state index in [0.717, 1.165) is 5.92 Å². The number of rotatable bonds is 6. The van der Waals surface area contributed by atoms with Gasteiger partial charge < -0.3 is 5.11 Å². The predicted octanol–water partition coefficient (Wildman–Crippen LogP) is 3.14. The Bertz CT molecular complexity index is 232. The van der Waals surface area contributed by atoms with Crippen molar-refractivity contribution >= 4 is 5.97 Å². The predicted molar refractivity (Wildman–Crippen MR) is 70.1 cm³/mol. The molecular formula is C14H27NO2. The van der Waals surface area contributed by atoms with Crippen molar-refractivity contribution in [2.75, 3.05) is 6.54 Å². The summed E-state index contributed by atoms with van der Waals surface area (Å²) in [6, 6.07) is 0.818. The Morgan fingerprint density at radius 1 is 1.29 bits per heavy atom. The van der Waals surface area contributed by atoms with Crippen molar-refractivity contribution in [3.63, 3.8) is 0 Å². The lowest BCUT2D eigenvalue weighted by Crippen LogP contribution is -2.45. The molecule has 0 unspecified atom stereocenters. The van der Waals surface area contributed by atoms with Crippen LogP contribution in [0.4, 0.5) is 0 Å². The van der Waals surface area contributed by atoms with Crippen molar-refractivity contribution in [1.82, 2.24) is 4.90 Å². The average Bonchev–Trinajstić information content (AvgIpc) is 2.27. The van der Waals surface area contributed by atoms with Crippen molar-refractivity contribution in [3.8, 4) is 0 Å². The highest BCUT2D eigenvalue weighted by Crippen LogP contribution is 2.31. The highest BCUT2D eigenvalue weighted by Gasteiger charge is 2.28. The summed E-state index contributed by atoms with van der Waals surface area (Å²) in [7, 11) is 0. The third kappa shape index (κ3) is 4.66. The molecule has 0 saturated heterocycles. The van der Waals surface area contributed by atoms with E-state index in [4.69, 9.17) is 5.11 Å². The smallest absolute Gasteiger partial charge is 0.317 e. The maximum atomic E-state index is 10.9. The van der Waals surface area contributed by atoms with Crippen molar-refractivity contribution in [2.24, 2.45) is 5.92 Å². The zero-order chi connectivity index (χ0) is 12.8. The van der Waals surface area contributed by atoms with E-state index in [2.05, 4.69) is 25.7 Å². The summed E-state index contributed by atoms with van der Waals surface area (Å²) in [5.41, 5.74) is 0. The molecule has 3 heteroatoms. The van der Waals surface area contributed by atoms with E-state index in [1.807, 2.05) is 0 Å². The first kappa shape index (κ1) is 14.5. The van der Waals surface area contributed by atoms with Crippen LogP contribution in [0.3, 0.4) is 0 Å². The van der Waals surface area contributed by atoms with Crippen LogP contribution in [0.1, 0.15) is 59.3 Å². The number of hydrogen-bond acceptors (Lipinski definition) is 2. The first-order chi connectivity index (χ1) is 8.04. The molecule has 1 aliphatic carbocycles. The summed E-state index contributed by atoms with van der Waals surface area (Å²) in [5, 5.41) is 8.96. The zero-order valence-electron chi connectivity index (χ0n) is 11.5. The zero-order valence-corrected chi connectivity index (χ0v) is 11.5. The largest absolute Gasteiger partial charge is 0.480 e. The van der Waals surface area contributed by atoms with Gasteiger partial charge in [-0.2, -0.15) is 0 Å². The molecule has 1 fully saturated rings. The normalized spacial score (nSPS) is 25.5. The van der Waals surface area contributed by atoms with Gasteiger partial charge in [-0.05, 0) is 45.4 Å². The molecule has 0 spiro atoms. The second-order valence-corrected chi connectivity index (χ2v) is 5.62. The second-order valence-electron chi connectivity index (χ2n) is 5.62. The molecule has 0 aromatic rings. The molecule has 1 rings (SSSR count). The van der Waals surface area contributed by atoms with Gasteiger partial charge in [0.15, 0.2) is 0 Å². The number of carboxylic acids is 1. The molecule has 1 aliphatic rings. The summed E-state index contributed by atoms with van der Waals surface area (Å²) in [6.45, 7) is 6.64. The minimum Gasteiger partial charge on any atom is -0.480 e. The fraction of sp³-hybridized carbons (Fsp3) is 0.929. The van der Waals surface area contributed by atoms with Gasteiger partial charge >= 0.3 is 5.97 Å². The first-order valence-corrected chi connectivity index (χ1v) is 7.02. The fourth-order valence-corrected chi connectivity index (χ4v) is 3.06. The van der Waals surface area contributed by atoms with E-state index in [1.165, 1.54) is 38.5 Å². The monoisotopic (exact) mass is 241 g/mol.